The molecule has 2 aliphatic rings. The summed E-state index contributed by atoms with van der Waals surface area (Å²) in [7, 11) is 1.58. The van der Waals surface area contributed by atoms with E-state index in [4.69, 9.17) is 21.3 Å². The summed E-state index contributed by atoms with van der Waals surface area (Å²) in [5, 5.41) is 16.8. The highest BCUT2D eigenvalue weighted by Gasteiger charge is 2.29. The molecule has 10 heteroatoms. The van der Waals surface area contributed by atoms with E-state index in [-0.39, 0.29) is 25.1 Å². The quantitative estimate of drug-likeness (QED) is 0.461. The lowest BCUT2D eigenvalue weighted by Crippen LogP contribution is -2.37. The normalized spacial score (nSPS) is 17.7. The van der Waals surface area contributed by atoms with E-state index >= 15 is 0 Å². The average Bonchev–Trinajstić information content (AvgIpc) is 3.32. The Hall–Kier alpha value is -3.43. The first-order chi connectivity index (χ1) is 18.0. The zero-order valence-electron chi connectivity index (χ0n) is 21.2. The van der Waals surface area contributed by atoms with E-state index in [0.717, 1.165) is 48.5 Å². The molecule has 2 aliphatic heterocycles. The van der Waals surface area contributed by atoms with E-state index in [0.29, 0.717) is 35.1 Å². The maximum absolute atomic E-state index is 13.4. The topological polar surface area (TPSA) is 112 Å². The first-order valence-corrected chi connectivity index (χ1v) is 12.9. The first-order valence-electron chi connectivity index (χ1n) is 12.5. The minimum atomic E-state index is -0.265. The van der Waals surface area contributed by atoms with Crippen LogP contribution >= 0.6 is 11.6 Å². The Morgan fingerprint density at radius 1 is 1.27 bits per heavy atom. The number of carbonyl (C=O) groups is 1. The zero-order valence-corrected chi connectivity index (χ0v) is 22.0. The molecular formula is C27H33ClN6O3. The van der Waals surface area contributed by atoms with Crippen molar-refractivity contribution in [2.75, 3.05) is 20.3 Å². The van der Waals surface area contributed by atoms with Gasteiger partial charge in [-0.2, -0.15) is 0 Å². The smallest absolute Gasteiger partial charge is 0.255 e. The number of ether oxygens (including phenoxy) is 1. The molecule has 0 unspecified atom stereocenters. The number of hydrogen-bond acceptors (Lipinski definition) is 8. The molecule has 0 spiro atoms. The maximum Gasteiger partial charge on any atom is 0.255 e. The van der Waals surface area contributed by atoms with Gasteiger partial charge < -0.3 is 25.4 Å². The van der Waals surface area contributed by atoms with E-state index in [1.807, 2.05) is 18.2 Å². The van der Waals surface area contributed by atoms with Gasteiger partial charge in [0, 0.05) is 43.8 Å². The minimum Gasteiger partial charge on any atom is -0.495 e. The molecule has 0 radical (unpaired) electrons. The monoisotopic (exact) mass is 524 g/mol. The Morgan fingerprint density at radius 3 is 2.78 bits per heavy atom. The second-order valence-corrected chi connectivity index (χ2v) is 9.35. The van der Waals surface area contributed by atoms with Crippen molar-refractivity contribution >= 4 is 23.3 Å². The number of likely N-dealkylation sites (tertiary alicyclic amines) is 1. The van der Waals surface area contributed by atoms with Crippen LogP contribution in [0.15, 0.2) is 64.7 Å². The summed E-state index contributed by atoms with van der Waals surface area (Å²) in [4.78, 5) is 28.7. The number of carbonyl (C=O) groups excluding carboxylic acids is 1. The van der Waals surface area contributed by atoms with Gasteiger partial charge in [0.1, 0.15) is 17.4 Å². The Balaban J connectivity index is 1.62. The summed E-state index contributed by atoms with van der Waals surface area (Å²) in [6.07, 6.45) is 8.18. The molecule has 1 fully saturated rings. The summed E-state index contributed by atoms with van der Waals surface area (Å²) < 4.78 is 5.26. The van der Waals surface area contributed by atoms with E-state index in [9.17, 15) is 9.90 Å². The van der Waals surface area contributed by atoms with Gasteiger partial charge in [-0.1, -0.05) is 24.6 Å². The fourth-order valence-corrected chi connectivity index (χ4v) is 4.92. The maximum atomic E-state index is 13.4. The highest BCUT2D eigenvalue weighted by molar-refractivity contribution is 6.32. The molecule has 1 saturated heterocycles. The van der Waals surface area contributed by atoms with Crippen molar-refractivity contribution < 1.29 is 14.6 Å². The van der Waals surface area contributed by atoms with Gasteiger partial charge >= 0.3 is 0 Å². The minimum absolute atomic E-state index is 0.0497. The predicted molar refractivity (Wildman–Crippen MR) is 143 cm³/mol. The molecule has 196 valence electrons. The Labute approximate surface area is 222 Å². The van der Waals surface area contributed by atoms with E-state index < -0.39 is 0 Å². The van der Waals surface area contributed by atoms with E-state index in [2.05, 4.69) is 32.4 Å². The van der Waals surface area contributed by atoms with E-state index in [1.54, 1.807) is 31.8 Å². The fraction of sp³-hybridized carbons (Fsp3) is 0.407. The number of aliphatic hydroxyl groups is 1. The molecule has 1 amide bonds. The zero-order chi connectivity index (χ0) is 26.2. The third kappa shape index (κ3) is 6.47. The van der Waals surface area contributed by atoms with Crippen molar-refractivity contribution in [3.05, 3.63) is 76.1 Å². The Morgan fingerprint density at radius 2 is 2.08 bits per heavy atom. The standard InChI is InChI=1S/C27H33ClN6O3/c1-3-19-13-25(34-11-4-6-20(34)17-35)31-15-21(27(36)33-16-24-29-9-5-10-30-24)26(19)32-14-18-7-8-23(37-2)22(28)12-18/h5,7-10,12,15,20,32,35H,3-4,6,11,13-14,16-17H2,1-2H3,(H,33,36)/t20-/m0/s1. The Kier molecular flexibility index (Phi) is 9.14. The molecule has 37 heavy (non-hydrogen) atoms. The number of halogens is 1. The van der Waals surface area contributed by atoms with Gasteiger partial charge in [-0.05, 0) is 48.6 Å². The molecule has 1 aromatic carbocycles. The van der Waals surface area contributed by atoms with Gasteiger partial charge in [0.05, 0.1) is 36.9 Å². The lowest BCUT2D eigenvalue weighted by atomic mass is 10.0. The summed E-state index contributed by atoms with van der Waals surface area (Å²) >= 11 is 6.33. The van der Waals surface area contributed by atoms with Crippen molar-refractivity contribution in [1.82, 2.24) is 25.5 Å². The van der Waals surface area contributed by atoms with Crippen LogP contribution in [0.1, 0.15) is 44.0 Å². The average molecular weight is 525 g/mol. The van der Waals surface area contributed by atoms with Crippen molar-refractivity contribution in [3.8, 4) is 5.75 Å². The highest BCUT2D eigenvalue weighted by atomic mass is 35.5. The number of amidine groups is 1. The van der Waals surface area contributed by atoms with Crippen LogP contribution in [0.2, 0.25) is 5.02 Å². The number of aromatic nitrogens is 2. The second kappa shape index (κ2) is 12.7. The SMILES string of the molecule is CCC1=C(NCc2ccc(OC)c(Cl)c2)C(C(=O)NCc2ncccn2)=CN=C(N2CCC[C@H]2CO)C1. The second-order valence-electron chi connectivity index (χ2n) is 8.94. The molecule has 4 rings (SSSR count). The number of nitrogens with zero attached hydrogens (tertiary/aromatic N) is 4. The number of hydrogen-bond donors (Lipinski definition) is 3. The summed E-state index contributed by atoms with van der Waals surface area (Å²) in [6, 6.07) is 7.40. The summed E-state index contributed by atoms with van der Waals surface area (Å²) in [6.45, 7) is 3.67. The number of nitrogens with one attached hydrogen (secondary N) is 2. The van der Waals surface area contributed by atoms with Gasteiger partial charge in [0.15, 0.2) is 0 Å². The third-order valence-corrected chi connectivity index (χ3v) is 6.94. The van der Waals surface area contributed by atoms with Crippen LogP contribution < -0.4 is 15.4 Å². The molecule has 1 aromatic heterocycles. The number of methoxy groups -OCH3 is 1. The molecule has 0 bridgehead atoms. The van der Waals surface area contributed by atoms with Gasteiger partial charge in [-0.25, -0.2) is 15.0 Å². The largest absolute Gasteiger partial charge is 0.495 e. The van der Waals surface area contributed by atoms with E-state index in [1.165, 1.54) is 0 Å². The first kappa shape index (κ1) is 26.6. The number of aliphatic imine (C=N–C) groups is 1. The van der Waals surface area contributed by atoms with Crippen LogP contribution in [-0.4, -0.2) is 58.0 Å². The summed E-state index contributed by atoms with van der Waals surface area (Å²) in [5.41, 5.74) is 3.22. The van der Waals surface area contributed by atoms with Crippen molar-refractivity contribution in [3.63, 3.8) is 0 Å². The lowest BCUT2D eigenvalue weighted by Gasteiger charge is -2.27. The number of aliphatic hydroxyl groups excluding tert-OH is 1. The molecular weight excluding hydrogens is 492 g/mol. The number of amides is 1. The van der Waals surface area contributed by atoms with Crippen LogP contribution in [0.25, 0.3) is 0 Å². The van der Waals surface area contributed by atoms with Crippen molar-refractivity contribution in [2.24, 2.45) is 4.99 Å². The lowest BCUT2D eigenvalue weighted by molar-refractivity contribution is -0.117. The Bertz CT molecular complexity index is 1200. The van der Waals surface area contributed by atoms with Gasteiger partial charge in [0.25, 0.3) is 5.91 Å². The van der Waals surface area contributed by atoms with Crippen molar-refractivity contribution in [2.45, 2.75) is 51.7 Å². The van der Waals surface area contributed by atoms with Gasteiger partial charge in [0.2, 0.25) is 0 Å². The van der Waals surface area contributed by atoms with Gasteiger partial charge in [-0.3, -0.25) is 4.79 Å². The summed E-state index contributed by atoms with van der Waals surface area (Å²) in [5.74, 6) is 1.74. The molecule has 3 heterocycles. The van der Waals surface area contributed by atoms with Crippen LogP contribution in [0.4, 0.5) is 0 Å². The van der Waals surface area contributed by atoms with Crippen LogP contribution in [0.5, 0.6) is 5.75 Å². The molecule has 0 aliphatic carbocycles. The highest BCUT2D eigenvalue weighted by Crippen LogP contribution is 2.29. The van der Waals surface area contributed by atoms with Crippen LogP contribution in [0, 0.1) is 0 Å². The molecule has 1 atom stereocenters. The predicted octanol–water partition coefficient (Wildman–Crippen LogP) is 3.35. The van der Waals surface area contributed by atoms with Gasteiger partial charge in [-0.15, -0.1) is 0 Å². The number of rotatable bonds is 9. The molecule has 3 N–H and O–H groups in total. The van der Waals surface area contributed by atoms with Crippen LogP contribution in [-0.2, 0) is 17.9 Å². The third-order valence-electron chi connectivity index (χ3n) is 6.64. The molecule has 9 nitrogen and oxygen atoms in total. The van der Waals surface area contributed by atoms with Crippen molar-refractivity contribution in [1.29, 1.82) is 0 Å². The molecule has 2 aromatic rings. The fourth-order valence-electron chi connectivity index (χ4n) is 4.64. The van der Waals surface area contributed by atoms with Crippen LogP contribution in [0.3, 0.4) is 0 Å². The number of benzene rings is 1. The molecule has 0 saturated carbocycles.